The molecule has 0 spiro atoms. The Hall–Kier alpha value is -2.02. The summed E-state index contributed by atoms with van der Waals surface area (Å²) in [5.41, 5.74) is 0.755. The molecule has 1 heterocycles. The van der Waals surface area contributed by atoms with E-state index < -0.39 is 4.92 Å². The Bertz CT molecular complexity index is 602. The number of hydrogen-bond donors (Lipinski definition) is 0. The van der Waals surface area contributed by atoms with Crippen molar-refractivity contribution in [2.24, 2.45) is 0 Å². The first-order valence-corrected chi connectivity index (χ1v) is 9.97. The van der Waals surface area contributed by atoms with Crippen molar-refractivity contribution in [2.75, 3.05) is 38.3 Å². The minimum absolute atomic E-state index is 0.0492. The van der Waals surface area contributed by atoms with Crippen LogP contribution in [0.4, 0.5) is 11.4 Å². The van der Waals surface area contributed by atoms with Crippen LogP contribution in [0.15, 0.2) is 12.1 Å². The van der Waals surface area contributed by atoms with E-state index in [1.807, 2.05) is 11.9 Å². The molecule has 1 aromatic rings. The highest BCUT2D eigenvalue weighted by Crippen LogP contribution is 2.40. The van der Waals surface area contributed by atoms with E-state index in [0.717, 1.165) is 57.4 Å². The summed E-state index contributed by atoms with van der Waals surface area (Å²) in [6, 6.07) is 3.24. The van der Waals surface area contributed by atoms with Gasteiger partial charge in [-0.3, -0.25) is 10.1 Å². The van der Waals surface area contributed by atoms with E-state index in [1.54, 1.807) is 6.07 Å². The summed E-state index contributed by atoms with van der Waals surface area (Å²) in [5, 5.41) is 11.5. The van der Waals surface area contributed by atoms with Gasteiger partial charge in [0.2, 0.25) is 0 Å². The van der Waals surface area contributed by atoms with Crippen molar-refractivity contribution in [3.8, 4) is 11.5 Å². The Morgan fingerprint density at radius 1 is 1.19 bits per heavy atom. The molecule has 1 aliphatic rings. The number of unbranched alkanes of at least 4 members (excludes halogenated alkanes) is 2. The number of nitrogens with zero attached hydrogens (tertiary/aromatic N) is 2. The van der Waals surface area contributed by atoms with Crippen LogP contribution in [0.1, 0.15) is 52.4 Å². The van der Waals surface area contributed by atoms with Crippen molar-refractivity contribution in [1.82, 2.24) is 0 Å². The lowest BCUT2D eigenvalue weighted by atomic mass is 10.2. The first-order chi connectivity index (χ1) is 13.1. The SMILES string of the molecule is CCCCOc1cc([N+](=O)[O-])c(OCCCC)cc1N(C)CC1CCCO1. The fourth-order valence-corrected chi connectivity index (χ4v) is 3.06. The van der Waals surface area contributed by atoms with E-state index in [-0.39, 0.29) is 11.8 Å². The third-order valence-corrected chi connectivity index (χ3v) is 4.66. The fourth-order valence-electron chi connectivity index (χ4n) is 3.06. The molecule has 1 fully saturated rings. The lowest BCUT2D eigenvalue weighted by Gasteiger charge is -2.25. The lowest BCUT2D eigenvalue weighted by molar-refractivity contribution is -0.385. The van der Waals surface area contributed by atoms with Crippen molar-refractivity contribution in [1.29, 1.82) is 0 Å². The highest BCUT2D eigenvalue weighted by atomic mass is 16.6. The normalized spacial score (nSPS) is 16.3. The van der Waals surface area contributed by atoms with Gasteiger partial charge in [0.1, 0.15) is 5.75 Å². The molecule has 7 nitrogen and oxygen atoms in total. The van der Waals surface area contributed by atoms with Crippen LogP contribution in [0.3, 0.4) is 0 Å². The smallest absolute Gasteiger partial charge is 0.314 e. The molecule has 1 aromatic carbocycles. The van der Waals surface area contributed by atoms with Crippen LogP contribution in [0.2, 0.25) is 0 Å². The van der Waals surface area contributed by atoms with Gasteiger partial charge in [0.15, 0.2) is 5.75 Å². The van der Waals surface area contributed by atoms with Crippen LogP contribution in [-0.4, -0.2) is 44.4 Å². The Balaban J connectivity index is 2.29. The van der Waals surface area contributed by atoms with Crippen LogP contribution in [0.25, 0.3) is 0 Å². The maximum absolute atomic E-state index is 11.5. The average Bonchev–Trinajstić information content (AvgIpc) is 3.15. The third kappa shape index (κ3) is 6.27. The van der Waals surface area contributed by atoms with Gasteiger partial charge in [-0.1, -0.05) is 26.7 Å². The quantitative estimate of drug-likeness (QED) is 0.300. The van der Waals surface area contributed by atoms with Crippen LogP contribution < -0.4 is 14.4 Å². The second kappa shape index (κ2) is 11.0. The first kappa shape index (κ1) is 21.3. The van der Waals surface area contributed by atoms with E-state index in [0.29, 0.717) is 24.7 Å². The summed E-state index contributed by atoms with van der Waals surface area (Å²) in [7, 11) is 1.96. The van der Waals surface area contributed by atoms with Crippen LogP contribution in [0.5, 0.6) is 11.5 Å². The zero-order valence-electron chi connectivity index (χ0n) is 16.7. The minimum Gasteiger partial charge on any atom is -0.491 e. The van der Waals surface area contributed by atoms with Crippen molar-refractivity contribution < 1.29 is 19.1 Å². The molecule has 1 aliphatic heterocycles. The van der Waals surface area contributed by atoms with Crippen LogP contribution in [-0.2, 0) is 4.74 Å². The molecule has 1 atom stereocenters. The second-order valence-corrected chi connectivity index (χ2v) is 6.96. The molecular weight excluding hydrogens is 348 g/mol. The van der Waals surface area contributed by atoms with Gasteiger partial charge in [0.05, 0.1) is 36.0 Å². The van der Waals surface area contributed by atoms with E-state index in [1.165, 1.54) is 6.07 Å². The fraction of sp³-hybridized carbons (Fsp3) is 0.700. The molecule has 1 unspecified atom stereocenters. The molecule has 0 N–H and O–H groups in total. The molecule has 27 heavy (non-hydrogen) atoms. The van der Waals surface area contributed by atoms with Crippen LogP contribution in [0, 0.1) is 10.1 Å². The summed E-state index contributed by atoms with van der Waals surface area (Å²) in [4.78, 5) is 13.2. The Morgan fingerprint density at radius 2 is 1.85 bits per heavy atom. The number of hydrogen-bond acceptors (Lipinski definition) is 6. The Labute approximate surface area is 161 Å². The molecule has 0 aromatic heterocycles. The standard InChI is InChI=1S/C20H32N2O5/c1-4-6-10-26-19-14-18(22(23)24)20(27-11-7-5-2)13-17(19)21(3)15-16-9-8-12-25-16/h13-14,16H,4-12,15H2,1-3H3. The molecule has 7 heteroatoms. The summed E-state index contributed by atoms with van der Waals surface area (Å²) in [5.74, 6) is 0.823. The predicted molar refractivity (Wildman–Crippen MR) is 106 cm³/mol. The molecule has 0 aliphatic carbocycles. The van der Waals surface area contributed by atoms with Crippen molar-refractivity contribution in [2.45, 2.75) is 58.5 Å². The Kier molecular flexibility index (Phi) is 8.64. The van der Waals surface area contributed by atoms with Crippen LogP contribution >= 0.6 is 0 Å². The molecule has 0 radical (unpaired) electrons. The maximum atomic E-state index is 11.5. The van der Waals surface area contributed by atoms with Gasteiger partial charge < -0.3 is 19.1 Å². The number of likely N-dealkylation sites (N-methyl/N-ethyl adjacent to an activating group) is 1. The molecule has 0 bridgehead atoms. The third-order valence-electron chi connectivity index (χ3n) is 4.66. The summed E-state index contributed by atoms with van der Waals surface area (Å²) < 4.78 is 17.4. The molecule has 152 valence electrons. The topological polar surface area (TPSA) is 74.1 Å². The molecule has 2 rings (SSSR count). The van der Waals surface area contributed by atoms with Gasteiger partial charge in [0, 0.05) is 26.3 Å². The zero-order valence-corrected chi connectivity index (χ0v) is 16.7. The molecule has 0 saturated carbocycles. The molecule has 1 saturated heterocycles. The van der Waals surface area contributed by atoms with Gasteiger partial charge in [-0.15, -0.1) is 0 Å². The maximum Gasteiger partial charge on any atom is 0.314 e. The largest absolute Gasteiger partial charge is 0.491 e. The number of nitro benzene ring substituents is 1. The number of benzene rings is 1. The first-order valence-electron chi connectivity index (χ1n) is 9.97. The van der Waals surface area contributed by atoms with E-state index in [9.17, 15) is 10.1 Å². The van der Waals surface area contributed by atoms with E-state index >= 15 is 0 Å². The van der Waals surface area contributed by atoms with Crippen molar-refractivity contribution in [3.05, 3.63) is 22.2 Å². The molecule has 0 amide bonds. The number of rotatable bonds is 12. The minimum atomic E-state index is -0.405. The van der Waals surface area contributed by atoms with E-state index in [4.69, 9.17) is 14.2 Å². The monoisotopic (exact) mass is 380 g/mol. The highest BCUT2D eigenvalue weighted by molar-refractivity contribution is 5.68. The van der Waals surface area contributed by atoms with Crippen molar-refractivity contribution >= 4 is 11.4 Å². The zero-order chi connectivity index (χ0) is 19.6. The summed E-state index contributed by atoms with van der Waals surface area (Å²) in [6.45, 7) is 6.65. The Morgan fingerprint density at radius 3 is 2.41 bits per heavy atom. The predicted octanol–water partition coefficient (Wildman–Crippen LogP) is 4.57. The number of nitro groups is 1. The summed E-state index contributed by atoms with van der Waals surface area (Å²) in [6.07, 6.45) is 6.01. The van der Waals surface area contributed by atoms with Gasteiger partial charge in [-0.25, -0.2) is 0 Å². The lowest BCUT2D eigenvalue weighted by Crippen LogP contribution is -2.29. The highest BCUT2D eigenvalue weighted by Gasteiger charge is 2.24. The van der Waals surface area contributed by atoms with Gasteiger partial charge in [-0.2, -0.15) is 0 Å². The average molecular weight is 380 g/mol. The molecular formula is C20H32N2O5. The van der Waals surface area contributed by atoms with Gasteiger partial charge >= 0.3 is 5.69 Å². The summed E-state index contributed by atoms with van der Waals surface area (Å²) >= 11 is 0. The van der Waals surface area contributed by atoms with Gasteiger partial charge in [0.25, 0.3) is 0 Å². The number of ether oxygens (including phenoxy) is 3. The van der Waals surface area contributed by atoms with Crippen molar-refractivity contribution in [3.63, 3.8) is 0 Å². The van der Waals surface area contributed by atoms with E-state index in [2.05, 4.69) is 13.8 Å². The number of anilines is 1. The van der Waals surface area contributed by atoms with Gasteiger partial charge in [-0.05, 0) is 25.7 Å². The second-order valence-electron chi connectivity index (χ2n) is 6.96.